The number of aromatic amines is 1. The summed E-state index contributed by atoms with van der Waals surface area (Å²) in [5, 5.41) is 19.4. The van der Waals surface area contributed by atoms with Gasteiger partial charge < -0.3 is 15.2 Å². The molecule has 0 bridgehead atoms. The molecule has 1 amide bonds. The van der Waals surface area contributed by atoms with Crippen molar-refractivity contribution in [1.29, 1.82) is 0 Å². The summed E-state index contributed by atoms with van der Waals surface area (Å²) < 4.78 is 5.20. The van der Waals surface area contributed by atoms with Crippen LogP contribution in [0.25, 0.3) is 11.3 Å². The molecular formula is C17H15N3O3. The van der Waals surface area contributed by atoms with Crippen LogP contribution in [-0.4, -0.2) is 28.3 Å². The first-order valence-corrected chi connectivity index (χ1v) is 6.97. The second-order valence-electron chi connectivity index (χ2n) is 4.84. The normalized spacial score (nSPS) is 10.3. The Labute approximate surface area is 132 Å². The molecule has 0 unspecified atom stereocenters. The molecule has 23 heavy (non-hydrogen) atoms. The third-order valence-electron chi connectivity index (χ3n) is 3.36. The summed E-state index contributed by atoms with van der Waals surface area (Å²) in [7, 11) is 1.54. The number of aromatic hydroxyl groups is 1. The zero-order chi connectivity index (χ0) is 16.2. The van der Waals surface area contributed by atoms with Gasteiger partial charge >= 0.3 is 0 Å². The number of ether oxygens (including phenoxy) is 1. The number of amides is 1. The minimum absolute atomic E-state index is 0.107. The van der Waals surface area contributed by atoms with Gasteiger partial charge in [-0.2, -0.15) is 5.10 Å². The van der Waals surface area contributed by atoms with Crippen molar-refractivity contribution < 1.29 is 14.6 Å². The molecule has 2 aromatic carbocycles. The average molecular weight is 309 g/mol. The SMILES string of the molecule is COc1ccccc1NC(=O)c1cc(-c2ccccc2O)n[nH]1. The van der Waals surface area contributed by atoms with Gasteiger partial charge in [-0.25, -0.2) is 0 Å². The van der Waals surface area contributed by atoms with E-state index in [1.54, 1.807) is 48.5 Å². The molecule has 1 heterocycles. The number of benzene rings is 2. The molecule has 6 heteroatoms. The van der Waals surface area contributed by atoms with Crippen molar-refractivity contribution >= 4 is 11.6 Å². The third kappa shape index (κ3) is 3.01. The number of carbonyl (C=O) groups excluding carboxylic acids is 1. The lowest BCUT2D eigenvalue weighted by atomic mass is 10.1. The van der Waals surface area contributed by atoms with E-state index in [2.05, 4.69) is 15.5 Å². The van der Waals surface area contributed by atoms with Gasteiger partial charge in [0.1, 0.15) is 17.2 Å². The van der Waals surface area contributed by atoms with E-state index < -0.39 is 0 Å². The highest BCUT2D eigenvalue weighted by atomic mass is 16.5. The van der Waals surface area contributed by atoms with Crippen molar-refractivity contribution in [2.45, 2.75) is 0 Å². The van der Waals surface area contributed by atoms with Gasteiger partial charge in [0.05, 0.1) is 18.5 Å². The van der Waals surface area contributed by atoms with E-state index in [4.69, 9.17) is 4.74 Å². The van der Waals surface area contributed by atoms with E-state index >= 15 is 0 Å². The number of carbonyl (C=O) groups is 1. The van der Waals surface area contributed by atoms with Gasteiger partial charge in [0, 0.05) is 5.56 Å². The lowest BCUT2D eigenvalue weighted by Crippen LogP contribution is -2.13. The van der Waals surface area contributed by atoms with Crippen LogP contribution in [0.2, 0.25) is 0 Å². The molecule has 0 aliphatic rings. The van der Waals surface area contributed by atoms with Gasteiger partial charge in [0.25, 0.3) is 5.91 Å². The van der Waals surface area contributed by atoms with E-state index in [1.165, 1.54) is 7.11 Å². The summed E-state index contributed by atoms with van der Waals surface area (Å²) in [5.74, 6) is 0.334. The van der Waals surface area contributed by atoms with Crippen LogP contribution in [0.1, 0.15) is 10.5 Å². The second-order valence-corrected chi connectivity index (χ2v) is 4.84. The fraction of sp³-hybridized carbons (Fsp3) is 0.0588. The van der Waals surface area contributed by atoms with E-state index in [-0.39, 0.29) is 17.4 Å². The lowest BCUT2D eigenvalue weighted by molar-refractivity contribution is 0.102. The first-order valence-electron chi connectivity index (χ1n) is 6.97. The van der Waals surface area contributed by atoms with Gasteiger partial charge in [0.2, 0.25) is 0 Å². The Morgan fingerprint density at radius 2 is 1.91 bits per heavy atom. The minimum atomic E-state index is -0.344. The molecule has 3 rings (SSSR count). The molecule has 0 saturated carbocycles. The molecule has 0 saturated heterocycles. The van der Waals surface area contributed by atoms with Crippen LogP contribution in [0.5, 0.6) is 11.5 Å². The lowest BCUT2D eigenvalue weighted by Gasteiger charge is -2.08. The van der Waals surface area contributed by atoms with E-state index in [0.717, 1.165) is 0 Å². The Bertz CT molecular complexity index is 842. The average Bonchev–Trinajstić information content (AvgIpc) is 3.05. The molecule has 3 aromatic rings. The number of phenols is 1. The van der Waals surface area contributed by atoms with Crippen LogP contribution in [-0.2, 0) is 0 Å². The molecule has 0 atom stereocenters. The quantitative estimate of drug-likeness (QED) is 0.691. The monoisotopic (exact) mass is 309 g/mol. The number of nitrogens with zero attached hydrogens (tertiary/aromatic N) is 1. The first kappa shape index (κ1) is 14.6. The molecule has 0 fully saturated rings. The Balaban J connectivity index is 1.83. The van der Waals surface area contributed by atoms with Gasteiger partial charge in [-0.1, -0.05) is 24.3 Å². The summed E-state index contributed by atoms with van der Waals surface area (Å²) in [6, 6.07) is 15.5. The number of aromatic nitrogens is 2. The minimum Gasteiger partial charge on any atom is -0.507 e. The summed E-state index contributed by atoms with van der Waals surface area (Å²) in [6.45, 7) is 0. The van der Waals surface area contributed by atoms with Crippen LogP contribution in [0.3, 0.4) is 0 Å². The molecule has 116 valence electrons. The van der Waals surface area contributed by atoms with Gasteiger partial charge in [-0.3, -0.25) is 9.89 Å². The number of hydrogen-bond donors (Lipinski definition) is 3. The summed E-state index contributed by atoms with van der Waals surface area (Å²) in [5.41, 5.74) is 1.90. The van der Waals surface area contributed by atoms with Crippen molar-refractivity contribution in [1.82, 2.24) is 10.2 Å². The van der Waals surface area contributed by atoms with Gasteiger partial charge in [-0.15, -0.1) is 0 Å². The molecule has 0 aliphatic heterocycles. The molecule has 1 aromatic heterocycles. The smallest absolute Gasteiger partial charge is 0.273 e. The molecule has 0 radical (unpaired) electrons. The van der Waals surface area contributed by atoms with Crippen molar-refractivity contribution in [3.05, 3.63) is 60.3 Å². The largest absolute Gasteiger partial charge is 0.507 e. The van der Waals surface area contributed by atoms with E-state index in [0.29, 0.717) is 22.7 Å². The molecule has 0 aliphatic carbocycles. The van der Waals surface area contributed by atoms with Crippen molar-refractivity contribution in [3.8, 4) is 22.8 Å². The van der Waals surface area contributed by atoms with Crippen LogP contribution in [0, 0.1) is 0 Å². The summed E-state index contributed by atoms with van der Waals surface area (Å²) in [4.78, 5) is 12.3. The standard InChI is InChI=1S/C17H15N3O3/c1-23-16-9-5-3-7-12(16)18-17(22)14-10-13(19-20-14)11-6-2-4-8-15(11)21/h2-10,21H,1H3,(H,18,22)(H,19,20). The predicted octanol–water partition coefficient (Wildman–Crippen LogP) is 3.04. The summed E-state index contributed by atoms with van der Waals surface area (Å²) in [6.07, 6.45) is 0. The maximum atomic E-state index is 12.3. The van der Waals surface area contributed by atoms with E-state index in [1.807, 2.05) is 6.07 Å². The van der Waals surface area contributed by atoms with Crippen molar-refractivity contribution in [3.63, 3.8) is 0 Å². The number of phenolic OH excluding ortho intramolecular Hbond substituents is 1. The molecule has 6 nitrogen and oxygen atoms in total. The Morgan fingerprint density at radius 1 is 1.17 bits per heavy atom. The molecule has 3 N–H and O–H groups in total. The Kier molecular flexibility index (Phi) is 3.97. The fourth-order valence-electron chi connectivity index (χ4n) is 2.20. The third-order valence-corrected chi connectivity index (χ3v) is 3.36. The summed E-state index contributed by atoms with van der Waals surface area (Å²) >= 11 is 0. The van der Waals surface area contributed by atoms with Crippen molar-refractivity contribution in [2.24, 2.45) is 0 Å². The zero-order valence-electron chi connectivity index (χ0n) is 12.4. The maximum absolute atomic E-state index is 12.3. The topological polar surface area (TPSA) is 87.2 Å². The highest BCUT2D eigenvalue weighted by molar-refractivity contribution is 6.04. The number of anilines is 1. The first-order chi connectivity index (χ1) is 11.2. The number of nitrogens with one attached hydrogen (secondary N) is 2. The number of rotatable bonds is 4. The highest BCUT2D eigenvalue weighted by Crippen LogP contribution is 2.28. The van der Waals surface area contributed by atoms with Gasteiger partial charge in [0.15, 0.2) is 0 Å². The van der Waals surface area contributed by atoms with E-state index in [9.17, 15) is 9.90 Å². The Morgan fingerprint density at radius 3 is 2.70 bits per heavy atom. The van der Waals surface area contributed by atoms with Crippen LogP contribution in [0.4, 0.5) is 5.69 Å². The number of hydrogen-bond acceptors (Lipinski definition) is 4. The van der Waals surface area contributed by atoms with Crippen LogP contribution >= 0.6 is 0 Å². The van der Waals surface area contributed by atoms with Crippen molar-refractivity contribution in [2.75, 3.05) is 12.4 Å². The van der Waals surface area contributed by atoms with Crippen LogP contribution in [0.15, 0.2) is 54.6 Å². The zero-order valence-corrected chi connectivity index (χ0v) is 12.4. The molecule has 0 spiro atoms. The number of H-pyrrole nitrogens is 1. The van der Waals surface area contributed by atoms with Crippen LogP contribution < -0.4 is 10.1 Å². The number of methoxy groups -OCH3 is 1. The second kappa shape index (κ2) is 6.23. The Hall–Kier alpha value is -3.28. The maximum Gasteiger partial charge on any atom is 0.273 e. The van der Waals surface area contributed by atoms with Gasteiger partial charge in [-0.05, 0) is 30.3 Å². The number of para-hydroxylation sites is 3. The fourth-order valence-corrected chi connectivity index (χ4v) is 2.20. The highest BCUT2D eigenvalue weighted by Gasteiger charge is 2.14. The predicted molar refractivity (Wildman–Crippen MR) is 86.6 cm³/mol. The molecular weight excluding hydrogens is 294 g/mol.